The van der Waals surface area contributed by atoms with Crippen molar-refractivity contribution in [2.45, 2.75) is 65.2 Å². The minimum Gasteiger partial charge on any atom is -0.300 e. The third-order valence-corrected chi connectivity index (χ3v) is 3.50. The Morgan fingerprint density at radius 1 is 1.14 bits per heavy atom. The molecular weight excluding hydrogens is 172 g/mol. The maximum absolute atomic E-state index is 11.4. The Labute approximate surface area is 88.3 Å². The second-order valence-electron chi connectivity index (χ2n) is 4.95. The van der Waals surface area contributed by atoms with Gasteiger partial charge in [0.15, 0.2) is 0 Å². The molecule has 0 spiro atoms. The largest absolute Gasteiger partial charge is 0.300 e. The minimum atomic E-state index is 0.478. The van der Waals surface area contributed by atoms with E-state index in [1.807, 2.05) is 0 Å². The van der Waals surface area contributed by atoms with Gasteiger partial charge in [-0.05, 0) is 24.7 Å². The van der Waals surface area contributed by atoms with E-state index in [9.17, 15) is 4.79 Å². The van der Waals surface area contributed by atoms with Crippen LogP contribution in [-0.2, 0) is 4.79 Å². The van der Waals surface area contributed by atoms with E-state index in [0.717, 1.165) is 37.5 Å². The van der Waals surface area contributed by atoms with Crippen LogP contribution in [0.3, 0.4) is 0 Å². The van der Waals surface area contributed by atoms with Crippen molar-refractivity contribution in [3.8, 4) is 0 Å². The zero-order valence-electron chi connectivity index (χ0n) is 9.72. The van der Waals surface area contributed by atoms with E-state index < -0.39 is 0 Å². The lowest BCUT2D eigenvalue weighted by atomic mass is 9.80. The number of Topliss-reactive ketones (excluding diaryl/α,β-unsaturated/α-hetero) is 1. The quantitative estimate of drug-likeness (QED) is 0.650. The summed E-state index contributed by atoms with van der Waals surface area (Å²) in [4.78, 5) is 11.4. The van der Waals surface area contributed by atoms with Crippen molar-refractivity contribution in [2.24, 2.45) is 11.8 Å². The van der Waals surface area contributed by atoms with Crippen LogP contribution in [0, 0.1) is 11.8 Å². The van der Waals surface area contributed by atoms with Gasteiger partial charge >= 0.3 is 0 Å². The number of carbonyl (C=O) groups is 1. The zero-order valence-corrected chi connectivity index (χ0v) is 9.72. The summed E-state index contributed by atoms with van der Waals surface area (Å²) in [5.41, 5.74) is 0. The first-order valence-electron chi connectivity index (χ1n) is 6.24. The third kappa shape index (κ3) is 4.26. The maximum Gasteiger partial charge on any atom is 0.132 e. The number of hydrogen-bond acceptors (Lipinski definition) is 1. The molecule has 1 heteroatoms. The van der Waals surface area contributed by atoms with Gasteiger partial charge in [-0.15, -0.1) is 0 Å². The first kappa shape index (κ1) is 11.7. The normalized spacial score (nSPS) is 27.6. The van der Waals surface area contributed by atoms with Crippen molar-refractivity contribution < 1.29 is 4.79 Å². The molecule has 1 aliphatic rings. The van der Waals surface area contributed by atoms with Gasteiger partial charge in [-0.1, -0.05) is 39.5 Å². The van der Waals surface area contributed by atoms with Gasteiger partial charge in [0.1, 0.15) is 5.78 Å². The highest BCUT2D eigenvalue weighted by Crippen LogP contribution is 2.31. The van der Waals surface area contributed by atoms with Gasteiger partial charge in [-0.3, -0.25) is 4.79 Å². The Morgan fingerprint density at radius 2 is 1.79 bits per heavy atom. The van der Waals surface area contributed by atoms with Crippen LogP contribution in [0.5, 0.6) is 0 Å². The van der Waals surface area contributed by atoms with Gasteiger partial charge in [0, 0.05) is 12.8 Å². The molecule has 14 heavy (non-hydrogen) atoms. The predicted octanol–water partition coefficient (Wildman–Crippen LogP) is 3.96. The molecule has 1 rings (SSSR count). The van der Waals surface area contributed by atoms with Crippen molar-refractivity contribution in [2.75, 3.05) is 0 Å². The fourth-order valence-corrected chi connectivity index (χ4v) is 2.39. The molecular formula is C13H24O. The van der Waals surface area contributed by atoms with Crippen LogP contribution in [0.1, 0.15) is 65.2 Å². The zero-order chi connectivity index (χ0) is 10.4. The molecule has 0 aliphatic heterocycles. The van der Waals surface area contributed by atoms with Gasteiger partial charge in [0.2, 0.25) is 0 Å². The van der Waals surface area contributed by atoms with E-state index in [-0.39, 0.29) is 0 Å². The minimum absolute atomic E-state index is 0.478. The first-order chi connectivity index (χ1) is 6.72. The fraction of sp³-hybridized carbons (Fsp3) is 0.923. The molecule has 0 heterocycles. The molecule has 1 saturated carbocycles. The average Bonchev–Trinajstić information content (AvgIpc) is 2.17. The monoisotopic (exact) mass is 196 g/mol. The van der Waals surface area contributed by atoms with E-state index in [1.54, 1.807) is 0 Å². The van der Waals surface area contributed by atoms with Crippen LogP contribution in [0.25, 0.3) is 0 Å². The number of ketones is 1. The first-order valence-corrected chi connectivity index (χ1v) is 6.24. The van der Waals surface area contributed by atoms with E-state index in [2.05, 4.69) is 13.8 Å². The molecule has 0 saturated heterocycles. The van der Waals surface area contributed by atoms with Crippen molar-refractivity contribution >= 4 is 5.78 Å². The Bertz CT molecular complexity index is 166. The van der Waals surface area contributed by atoms with Gasteiger partial charge in [-0.2, -0.15) is 0 Å². The highest BCUT2D eigenvalue weighted by Gasteiger charge is 2.18. The number of rotatable bonds is 5. The van der Waals surface area contributed by atoms with Gasteiger partial charge < -0.3 is 0 Å². The third-order valence-electron chi connectivity index (χ3n) is 3.50. The summed E-state index contributed by atoms with van der Waals surface area (Å²) >= 11 is 0. The summed E-state index contributed by atoms with van der Waals surface area (Å²) < 4.78 is 0. The van der Waals surface area contributed by atoms with Crippen LogP contribution < -0.4 is 0 Å². The Hall–Kier alpha value is -0.330. The molecule has 82 valence electrons. The Balaban J connectivity index is 2.09. The second kappa shape index (κ2) is 6.21. The van der Waals surface area contributed by atoms with Crippen LogP contribution in [0.15, 0.2) is 0 Å². The molecule has 1 aliphatic carbocycles. The fourth-order valence-electron chi connectivity index (χ4n) is 2.39. The van der Waals surface area contributed by atoms with E-state index >= 15 is 0 Å². The van der Waals surface area contributed by atoms with Crippen LogP contribution in [0.2, 0.25) is 0 Å². The van der Waals surface area contributed by atoms with Crippen LogP contribution in [-0.4, -0.2) is 5.78 Å². The van der Waals surface area contributed by atoms with Crippen molar-refractivity contribution in [3.63, 3.8) is 0 Å². The molecule has 0 aromatic heterocycles. The highest BCUT2D eigenvalue weighted by atomic mass is 16.1. The SMILES string of the molecule is CCCC(=O)CCC1CCC(C)CC1. The standard InChI is InChI=1S/C13H24O/c1-3-4-13(14)10-9-12-7-5-11(2)6-8-12/h11-12H,3-10H2,1-2H3. The Kier molecular flexibility index (Phi) is 5.21. The van der Waals surface area contributed by atoms with Crippen molar-refractivity contribution in [1.29, 1.82) is 0 Å². The van der Waals surface area contributed by atoms with E-state index in [4.69, 9.17) is 0 Å². The lowest BCUT2D eigenvalue weighted by Crippen LogP contribution is -2.13. The lowest BCUT2D eigenvalue weighted by Gasteiger charge is -2.25. The highest BCUT2D eigenvalue weighted by molar-refractivity contribution is 5.78. The summed E-state index contributed by atoms with van der Waals surface area (Å²) in [6.45, 7) is 4.43. The van der Waals surface area contributed by atoms with Crippen molar-refractivity contribution in [1.82, 2.24) is 0 Å². The molecule has 0 aromatic rings. The number of carbonyl (C=O) groups excluding carboxylic acids is 1. The molecule has 0 radical (unpaired) electrons. The molecule has 1 nitrogen and oxygen atoms in total. The summed E-state index contributed by atoms with van der Waals surface area (Å²) in [5.74, 6) is 2.26. The molecule has 0 amide bonds. The molecule has 0 bridgehead atoms. The molecule has 0 atom stereocenters. The molecule has 0 N–H and O–H groups in total. The molecule has 0 unspecified atom stereocenters. The van der Waals surface area contributed by atoms with Gasteiger partial charge in [0.05, 0.1) is 0 Å². The molecule has 0 aromatic carbocycles. The van der Waals surface area contributed by atoms with Crippen LogP contribution in [0.4, 0.5) is 0 Å². The van der Waals surface area contributed by atoms with Crippen molar-refractivity contribution in [3.05, 3.63) is 0 Å². The number of hydrogen-bond donors (Lipinski definition) is 0. The predicted molar refractivity (Wildman–Crippen MR) is 60.3 cm³/mol. The lowest BCUT2D eigenvalue weighted by molar-refractivity contribution is -0.119. The summed E-state index contributed by atoms with van der Waals surface area (Å²) in [5, 5.41) is 0. The maximum atomic E-state index is 11.4. The van der Waals surface area contributed by atoms with Gasteiger partial charge in [-0.25, -0.2) is 0 Å². The van der Waals surface area contributed by atoms with E-state index in [1.165, 1.54) is 25.7 Å². The summed E-state index contributed by atoms with van der Waals surface area (Å²) in [7, 11) is 0. The summed E-state index contributed by atoms with van der Waals surface area (Å²) in [6, 6.07) is 0. The van der Waals surface area contributed by atoms with Gasteiger partial charge in [0.25, 0.3) is 0 Å². The Morgan fingerprint density at radius 3 is 2.36 bits per heavy atom. The van der Waals surface area contributed by atoms with E-state index in [0.29, 0.717) is 5.78 Å². The summed E-state index contributed by atoms with van der Waals surface area (Å²) in [6.07, 6.45) is 9.29. The van der Waals surface area contributed by atoms with Crippen LogP contribution >= 0.6 is 0 Å². The average molecular weight is 196 g/mol. The topological polar surface area (TPSA) is 17.1 Å². The smallest absolute Gasteiger partial charge is 0.132 e. The molecule has 1 fully saturated rings. The second-order valence-corrected chi connectivity index (χ2v) is 4.95.